The van der Waals surface area contributed by atoms with E-state index in [0.717, 1.165) is 5.71 Å². The summed E-state index contributed by atoms with van der Waals surface area (Å²) in [5.74, 6) is 5.14. The molecule has 5 heteroatoms. The van der Waals surface area contributed by atoms with Gasteiger partial charge in [0.1, 0.15) is 0 Å². The fourth-order valence-corrected chi connectivity index (χ4v) is 1.11. The summed E-state index contributed by atoms with van der Waals surface area (Å²) in [6, 6.07) is 0. The molecule has 0 fully saturated rings. The first-order chi connectivity index (χ1) is 6.99. The normalized spacial score (nSPS) is 17.0. The largest absolute Gasteiger partial charge is 0.397 e. The molecule has 0 heterocycles. The molecule has 15 heavy (non-hydrogen) atoms. The number of aliphatic imine (C=N–C) groups is 1. The van der Waals surface area contributed by atoms with Crippen LogP contribution >= 0.6 is 0 Å². The Kier molecular flexibility index (Phi) is 5.15. The molecule has 0 aliphatic carbocycles. The number of allylic oxidation sites excluding steroid dienone is 2. The van der Waals surface area contributed by atoms with E-state index in [1.54, 1.807) is 7.05 Å². The Bertz CT molecular complexity index is 325. The molecular weight excluding hydrogens is 190 g/mol. The zero-order valence-corrected chi connectivity index (χ0v) is 9.49. The Hall–Kier alpha value is -1.78. The zero-order valence-electron chi connectivity index (χ0n) is 9.49. The van der Waals surface area contributed by atoms with Crippen LogP contribution in [-0.2, 0) is 0 Å². The highest BCUT2D eigenvalue weighted by Gasteiger charge is 2.16. The van der Waals surface area contributed by atoms with Crippen molar-refractivity contribution in [3.8, 4) is 0 Å². The topological polar surface area (TPSA) is 103 Å². The Balaban J connectivity index is 5.22. The molecule has 0 aliphatic heterocycles. The van der Waals surface area contributed by atoms with Gasteiger partial charge in [0.25, 0.3) is 0 Å². The molecule has 0 saturated heterocycles. The van der Waals surface area contributed by atoms with Crippen LogP contribution in [0, 0.1) is 5.92 Å². The van der Waals surface area contributed by atoms with Crippen LogP contribution in [0.1, 0.15) is 13.8 Å². The van der Waals surface area contributed by atoms with Gasteiger partial charge in [-0.2, -0.15) is 5.10 Å². The van der Waals surface area contributed by atoms with E-state index >= 15 is 0 Å². The van der Waals surface area contributed by atoms with E-state index in [0.29, 0.717) is 17.1 Å². The Morgan fingerprint density at radius 1 is 1.40 bits per heavy atom. The molecule has 0 spiro atoms. The van der Waals surface area contributed by atoms with Gasteiger partial charge < -0.3 is 17.3 Å². The number of rotatable bonds is 4. The summed E-state index contributed by atoms with van der Waals surface area (Å²) in [6.45, 7) is 7.28. The summed E-state index contributed by atoms with van der Waals surface area (Å²) < 4.78 is 0. The predicted octanol–water partition coefficient (Wildman–Crippen LogP) is 0.343. The quantitative estimate of drug-likeness (QED) is 0.269. The van der Waals surface area contributed by atoms with Crippen molar-refractivity contribution in [3.05, 3.63) is 24.0 Å². The summed E-state index contributed by atoms with van der Waals surface area (Å²) in [7, 11) is 1.65. The molecule has 6 N–H and O–H groups in total. The third-order valence-electron chi connectivity index (χ3n) is 2.29. The first-order valence-corrected chi connectivity index (χ1v) is 4.58. The maximum atomic E-state index is 5.83. The van der Waals surface area contributed by atoms with Crippen molar-refractivity contribution in [2.24, 2.45) is 33.3 Å². The fourth-order valence-electron chi connectivity index (χ4n) is 1.11. The number of nitrogens with two attached hydrogens (primary N) is 3. The van der Waals surface area contributed by atoms with Gasteiger partial charge in [0.05, 0.1) is 17.1 Å². The number of nitrogens with zero attached hydrogens (tertiary/aromatic N) is 2. The molecule has 0 aromatic heterocycles. The van der Waals surface area contributed by atoms with Gasteiger partial charge >= 0.3 is 0 Å². The SMILES string of the molecule is C=C/C(N)=C(/N)C(=NC)C(C)/C(C)=N/N. The molecule has 1 unspecified atom stereocenters. The van der Waals surface area contributed by atoms with E-state index < -0.39 is 0 Å². The van der Waals surface area contributed by atoms with Gasteiger partial charge in [-0.1, -0.05) is 13.5 Å². The van der Waals surface area contributed by atoms with Crippen molar-refractivity contribution in [1.82, 2.24) is 0 Å². The third-order valence-corrected chi connectivity index (χ3v) is 2.29. The van der Waals surface area contributed by atoms with Gasteiger partial charge in [0, 0.05) is 18.7 Å². The van der Waals surface area contributed by atoms with Crippen LogP contribution in [0.3, 0.4) is 0 Å². The predicted molar refractivity (Wildman–Crippen MR) is 65.4 cm³/mol. The molecule has 0 rings (SSSR count). The molecule has 0 amide bonds. The van der Waals surface area contributed by atoms with E-state index in [-0.39, 0.29) is 5.92 Å². The molecular formula is C10H19N5. The summed E-state index contributed by atoms with van der Waals surface area (Å²) in [5.41, 5.74) is 13.7. The standard InChI is InChI=1S/C10H19N5/c1-5-8(11)9(12)10(14-4)6(2)7(3)15-13/h5-6H,1,11-13H2,2-4H3/b9-8-,14-10?,15-7+. The zero-order chi connectivity index (χ0) is 12.0. The van der Waals surface area contributed by atoms with Gasteiger partial charge in [0.15, 0.2) is 0 Å². The molecule has 0 saturated carbocycles. The second kappa shape index (κ2) is 5.85. The van der Waals surface area contributed by atoms with Crippen LogP contribution in [0.4, 0.5) is 0 Å². The molecule has 0 bridgehead atoms. The third kappa shape index (κ3) is 3.12. The summed E-state index contributed by atoms with van der Waals surface area (Å²) >= 11 is 0. The highest BCUT2D eigenvalue weighted by molar-refractivity contribution is 6.13. The highest BCUT2D eigenvalue weighted by atomic mass is 15.1. The van der Waals surface area contributed by atoms with Gasteiger partial charge in [-0.3, -0.25) is 4.99 Å². The van der Waals surface area contributed by atoms with Crippen LogP contribution in [-0.4, -0.2) is 18.5 Å². The first kappa shape index (κ1) is 13.2. The number of hydrogen-bond donors (Lipinski definition) is 3. The van der Waals surface area contributed by atoms with Crippen molar-refractivity contribution >= 4 is 11.4 Å². The van der Waals surface area contributed by atoms with E-state index in [1.165, 1.54) is 6.08 Å². The molecule has 0 radical (unpaired) electrons. The molecule has 0 aromatic rings. The van der Waals surface area contributed by atoms with Gasteiger partial charge in [-0.25, -0.2) is 0 Å². The van der Waals surface area contributed by atoms with Crippen LogP contribution in [0.2, 0.25) is 0 Å². The Morgan fingerprint density at radius 2 is 1.93 bits per heavy atom. The summed E-state index contributed by atoms with van der Waals surface area (Å²) in [4.78, 5) is 4.10. The smallest absolute Gasteiger partial charge is 0.0768 e. The summed E-state index contributed by atoms with van der Waals surface area (Å²) in [6.07, 6.45) is 1.49. The maximum Gasteiger partial charge on any atom is 0.0768 e. The van der Waals surface area contributed by atoms with Crippen LogP contribution in [0.5, 0.6) is 0 Å². The van der Waals surface area contributed by atoms with E-state index in [4.69, 9.17) is 17.3 Å². The second-order valence-electron chi connectivity index (χ2n) is 3.17. The first-order valence-electron chi connectivity index (χ1n) is 4.58. The van der Waals surface area contributed by atoms with Crippen LogP contribution in [0.15, 0.2) is 34.1 Å². The fraction of sp³-hybridized carbons (Fsp3) is 0.400. The molecule has 84 valence electrons. The molecule has 1 atom stereocenters. The molecule has 0 aromatic carbocycles. The lowest BCUT2D eigenvalue weighted by molar-refractivity contribution is 1.00. The van der Waals surface area contributed by atoms with Crippen LogP contribution in [0.25, 0.3) is 0 Å². The van der Waals surface area contributed by atoms with Gasteiger partial charge in [-0.05, 0) is 13.0 Å². The minimum atomic E-state index is -0.0569. The molecule has 5 nitrogen and oxygen atoms in total. The maximum absolute atomic E-state index is 5.83. The van der Waals surface area contributed by atoms with Crippen LogP contribution < -0.4 is 17.3 Å². The molecule has 0 aliphatic rings. The lowest BCUT2D eigenvalue weighted by Gasteiger charge is -2.15. The van der Waals surface area contributed by atoms with Crippen molar-refractivity contribution in [1.29, 1.82) is 0 Å². The monoisotopic (exact) mass is 209 g/mol. The average Bonchev–Trinajstić information content (AvgIpc) is 2.27. The Morgan fingerprint density at radius 3 is 2.27 bits per heavy atom. The van der Waals surface area contributed by atoms with Crippen molar-refractivity contribution in [3.63, 3.8) is 0 Å². The minimum absolute atomic E-state index is 0.0569. The lowest BCUT2D eigenvalue weighted by Crippen LogP contribution is -2.28. The number of hydrazone groups is 1. The average molecular weight is 209 g/mol. The van der Waals surface area contributed by atoms with E-state index in [2.05, 4.69) is 16.7 Å². The van der Waals surface area contributed by atoms with Crippen molar-refractivity contribution in [2.75, 3.05) is 7.05 Å². The Labute approximate surface area is 90.4 Å². The van der Waals surface area contributed by atoms with E-state index in [1.807, 2.05) is 13.8 Å². The van der Waals surface area contributed by atoms with Crippen molar-refractivity contribution in [2.45, 2.75) is 13.8 Å². The highest BCUT2D eigenvalue weighted by Crippen LogP contribution is 2.09. The van der Waals surface area contributed by atoms with Gasteiger partial charge in [-0.15, -0.1) is 0 Å². The van der Waals surface area contributed by atoms with E-state index in [9.17, 15) is 0 Å². The summed E-state index contributed by atoms with van der Waals surface area (Å²) in [5, 5.41) is 3.62. The minimum Gasteiger partial charge on any atom is -0.397 e. The number of hydrogen-bond acceptors (Lipinski definition) is 5. The lowest BCUT2D eigenvalue weighted by atomic mass is 9.97. The van der Waals surface area contributed by atoms with Gasteiger partial charge in [0.2, 0.25) is 0 Å². The second-order valence-corrected chi connectivity index (χ2v) is 3.17. The van der Waals surface area contributed by atoms with Crippen molar-refractivity contribution < 1.29 is 0 Å².